The number of guanidine groups is 1. The van der Waals surface area contributed by atoms with E-state index in [0.717, 1.165) is 37.1 Å². The molecule has 0 aliphatic heterocycles. The van der Waals surface area contributed by atoms with E-state index in [-0.39, 0.29) is 48.1 Å². The number of rotatable bonds is 11. The summed E-state index contributed by atoms with van der Waals surface area (Å²) in [7, 11) is 0. The number of benzene rings is 1. The van der Waals surface area contributed by atoms with E-state index >= 15 is 0 Å². The summed E-state index contributed by atoms with van der Waals surface area (Å²) < 4.78 is 37.8. The zero-order valence-electron chi connectivity index (χ0n) is 18.3. The second-order valence-electron chi connectivity index (χ2n) is 7.13. The van der Waals surface area contributed by atoms with E-state index in [0.29, 0.717) is 32.0 Å². The first-order valence-electron chi connectivity index (χ1n) is 10.3. The van der Waals surface area contributed by atoms with E-state index in [4.69, 9.17) is 0 Å². The van der Waals surface area contributed by atoms with E-state index in [1.165, 1.54) is 0 Å². The Morgan fingerprint density at radius 3 is 2.06 bits per heavy atom. The Kier molecular flexibility index (Phi) is 13.8. The minimum absolute atomic E-state index is 0. The molecule has 31 heavy (non-hydrogen) atoms. The van der Waals surface area contributed by atoms with Crippen LogP contribution in [0.1, 0.15) is 56.0 Å². The largest absolute Gasteiger partial charge is 0.416 e. The van der Waals surface area contributed by atoms with Crippen molar-refractivity contribution in [2.24, 2.45) is 10.4 Å². The minimum Gasteiger partial charge on any atom is -0.396 e. The van der Waals surface area contributed by atoms with Gasteiger partial charge < -0.3 is 21.1 Å². The van der Waals surface area contributed by atoms with Gasteiger partial charge in [-0.1, -0.05) is 13.8 Å². The number of nitrogens with one attached hydrogen (secondary N) is 3. The summed E-state index contributed by atoms with van der Waals surface area (Å²) in [6, 6.07) is 4.10. The molecule has 0 radical (unpaired) electrons. The maximum absolute atomic E-state index is 12.6. The van der Waals surface area contributed by atoms with E-state index in [1.54, 1.807) is 0 Å². The quantitative estimate of drug-likeness (QED) is 0.144. The molecular weight excluding hydrogens is 524 g/mol. The fourth-order valence-electron chi connectivity index (χ4n) is 3.00. The molecule has 1 aromatic carbocycles. The molecule has 178 valence electrons. The Hall–Kier alpha value is -1.56. The van der Waals surface area contributed by atoms with Crippen LogP contribution in [-0.4, -0.2) is 49.8 Å². The first-order valence-corrected chi connectivity index (χ1v) is 10.3. The standard InChI is InChI=1S/C21H33F3N4O2.HI/c1-4-20(5-2,11-14-29)15-28-19(25-6-3)27-13-12-26-18(30)16-7-9-17(10-8-16)21(22,23)24;/h7-10,29H,4-6,11-15H2,1-3H3,(H,26,30)(H2,25,27,28);1H. The number of aliphatic hydroxyl groups is 1. The predicted molar refractivity (Wildman–Crippen MR) is 128 cm³/mol. The van der Waals surface area contributed by atoms with Gasteiger partial charge in [-0.15, -0.1) is 24.0 Å². The summed E-state index contributed by atoms with van der Waals surface area (Å²) >= 11 is 0. The second kappa shape index (κ2) is 14.5. The highest BCUT2D eigenvalue weighted by Gasteiger charge is 2.30. The molecule has 10 heteroatoms. The van der Waals surface area contributed by atoms with Crippen LogP contribution < -0.4 is 16.0 Å². The van der Waals surface area contributed by atoms with Crippen molar-refractivity contribution in [3.63, 3.8) is 0 Å². The third-order valence-corrected chi connectivity index (χ3v) is 5.24. The molecule has 1 amide bonds. The molecule has 0 fully saturated rings. The Morgan fingerprint density at radius 2 is 1.58 bits per heavy atom. The van der Waals surface area contributed by atoms with Crippen molar-refractivity contribution in [1.29, 1.82) is 0 Å². The van der Waals surface area contributed by atoms with Crippen molar-refractivity contribution in [1.82, 2.24) is 16.0 Å². The molecule has 0 aliphatic rings. The Balaban J connectivity index is 0.00000900. The molecule has 0 saturated heterocycles. The van der Waals surface area contributed by atoms with E-state index in [1.807, 2.05) is 6.92 Å². The van der Waals surface area contributed by atoms with Crippen LogP contribution in [-0.2, 0) is 6.18 Å². The number of carbonyl (C=O) groups is 1. The molecule has 0 heterocycles. The summed E-state index contributed by atoms with van der Waals surface area (Å²) in [5.41, 5.74) is -0.666. The number of aliphatic imine (C=N–C) groups is 1. The molecule has 1 aromatic rings. The summed E-state index contributed by atoms with van der Waals surface area (Å²) in [4.78, 5) is 16.7. The van der Waals surface area contributed by atoms with Crippen LogP contribution in [0.5, 0.6) is 0 Å². The number of hydrogen-bond acceptors (Lipinski definition) is 3. The van der Waals surface area contributed by atoms with Crippen LogP contribution in [0.15, 0.2) is 29.3 Å². The van der Waals surface area contributed by atoms with Crippen LogP contribution in [0.25, 0.3) is 0 Å². The highest BCUT2D eigenvalue weighted by atomic mass is 127. The van der Waals surface area contributed by atoms with E-state index in [9.17, 15) is 23.1 Å². The van der Waals surface area contributed by atoms with Gasteiger partial charge in [0, 0.05) is 38.3 Å². The zero-order valence-corrected chi connectivity index (χ0v) is 20.6. The third-order valence-electron chi connectivity index (χ3n) is 5.24. The number of carbonyl (C=O) groups excluding carboxylic acids is 1. The average Bonchev–Trinajstić information content (AvgIpc) is 2.73. The van der Waals surface area contributed by atoms with Crippen LogP contribution in [0.3, 0.4) is 0 Å². The molecule has 6 nitrogen and oxygen atoms in total. The van der Waals surface area contributed by atoms with Crippen LogP contribution in [0, 0.1) is 5.41 Å². The first kappa shape index (κ1) is 29.4. The Labute approximate surface area is 199 Å². The highest BCUT2D eigenvalue weighted by Crippen LogP contribution is 2.30. The topological polar surface area (TPSA) is 85.8 Å². The fraction of sp³-hybridized carbons (Fsp3) is 0.619. The molecule has 0 aliphatic carbocycles. The zero-order chi connectivity index (χ0) is 22.6. The number of alkyl halides is 3. The van der Waals surface area contributed by atoms with Crippen molar-refractivity contribution >= 4 is 35.8 Å². The molecule has 0 spiro atoms. The lowest BCUT2D eigenvalue weighted by atomic mass is 9.79. The van der Waals surface area contributed by atoms with Crippen LogP contribution in [0.4, 0.5) is 13.2 Å². The average molecular weight is 558 g/mol. The van der Waals surface area contributed by atoms with Gasteiger partial charge >= 0.3 is 6.18 Å². The van der Waals surface area contributed by atoms with Gasteiger partial charge in [0.25, 0.3) is 5.91 Å². The van der Waals surface area contributed by atoms with Gasteiger partial charge in [0.2, 0.25) is 0 Å². The molecule has 0 aromatic heterocycles. The molecular formula is C21H34F3IN4O2. The van der Waals surface area contributed by atoms with Gasteiger partial charge in [-0.05, 0) is 55.9 Å². The van der Waals surface area contributed by atoms with Crippen molar-refractivity contribution in [2.75, 3.05) is 32.8 Å². The van der Waals surface area contributed by atoms with Crippen molar-refractivity contribution in [2.45, 2.75) is 46.2 Å². The maximum atomic E-state index is 12.6. The van der Waals surface area contributed by atoms with Gasteiger partial charge in [0.1, 0.15) is 0 Å². The number of amides is 1. The predicted octanol–water partition coefficient (Wildman–Crippen LogP) is 3.80. The first-order chi connectivity index (χ1) is 14.2. The molecule has 0 atom stereocenters. The molecule has 4 N–H and O–H groups in total. The van der Waals surface area contributed by atoms with Crippen molar-refractivity contribution in [3.05, 3.63) is 35.4 Å². The van der Waals surface area contributed by atoms with Gasteiger partial charge in [0.05, 0.1) is 5.56 Å². The van der Waals surface area contributed by atoms with Crippen molar-refractivity contribution in [3.8, 4) is 0 Å². The number of halogens is 4. The van der Waals surface area contributed by atoms with Gasteiger partial charge in [-0.3, -0.25) is 9.79 Å². The molecule has 0 bridgehead atoms. The third kappa shape index (κ3) is 10.1. The van der Waals surface area contributed by atoms with E-state index < -0.39 is 17.6 Å². The number of nitrogens with zero attached hydrogens (tertiary/aromatic N) is 1. The summed E-state index contributed by atoms with van der Waals surface area (Å²) in [5, 5.41) is 18.3. The summed E-state index contributed by atoms with van der Waals surface area (Å²) in [5.74, 6) is 0.178. The van der Waals surface area contributed by atoms with Crippen LogP contribution in [0.2, 0.25) is 0 Å². The highest BCUT2D eigenvalue weighted by molar-refractivity contribution is 14.0. The van der Waals surface area contributed by atoms with Crippen LogP contribution >= 0.6 is 24.0 Å². The number of hydrogen-bond donors (Lipinski definition) is 4. The second-order valence-corrected chi connectivity index (χ2v) is 7.13. The summed E-state index contributed by atoms with van der Waals surface area (Å²) in [6.07, 6.45) is -1.91. The SMILES string of the molecule is CCNC(=NCC(CC)(CC)CCO)NCCNC(=O)c1ccc(C(F)(F)F)cc1.I. The Bertz CT molecular complexity index is 678. The number of aliphatic hydroxyl groups excluding tert-OH is 1. The lowest BCUT2D eigenvalue weighted by Crippen LogP contribution is -2.42. The van der Waals surface area contributed by atoms with Gasteiger partial charge in [-0.25, -0.2) is 0 Å². The fourth-order valence-corrected chi connectivity index (χ4v) is 3.00. The molecule has 0 saturated carbocycles. The van der Waals surface area contributed by atoms with Gasteiger partial charge in [0.15, 0.2) is 5.96 Å². The Morgan fingerprint density at radius 1 is 1.00 bits per heavy atom. The normalized spacial score (nSPS) is 12.2. The monoisotopic (exact) mass is 558 g/mol. The lowest BCUT2D eigenvalue weighted by Gasteiger charge is -2.29. The molecule has 0 unspecified atom stereocenters. The minimum atomic E-state index is -4.43. The van der Waals surface area contributed by atoms with Gasteiger partial charge in [-0.2, -0.15) is 13.2 Å². The smallest absolute Gasteiger partial charge is 0.396 e. The maximum Gasteiger partial charge on any atom is 0.416 e. The van der Waals surface area contributed by atoms with E-state index in [2.05, 4.69) is 34.8 Å². The van der Waals surface area contributed by atoms with Crippen molar-refractivity contribution < 1.29 is 23.1 Å². The summed E-state index contributed by atoms with van der Waals surface area (Å²) in [6.45, 7) is 8.19. The molecule has 1 rings (SSSR count). The lowest BCUT2D eigenvalue weighted by molar-refractivity contribution is -0.137.